The van der Waals surface area contributed by atoms with Crippen LogP contribution < -0.4 is 14.8 Å². The van der Waals surface area contributed by atoms with Crippen LogP contribution in [0.3, 0.4) is 0 Å². The van der Waals surface area contributed by atoms with Crippen molar-refractivity contribution in [2.75, 3.05) is 20.8 Å². The molecule has 0 saturated heterocycles. The van der Waals surface area contributed by atoms with Crippen molar-refractivity contribution in [1.29, 1.82) is 0 Å². The highest BCUT2D eigenvalue weighted by Gasteiger charge is 2.21. The number of hydrogen-bond donors (Lipinski definition) is 1. The largest absolute Gasteiger partial charge is 0.496 e. The normalized spacial score (nSPS) is 19.7. The molecule has 0 aliphatic carbocycles. The second-order valence-electron chi connectivity index (χ2n) is 3.44. The van der Waals surface area contributed by atoms with Gasteiger partial charge in [0, 0.05) is 11.6 Å². The Bertz CT molecular complexity index is 311. The Morgan fingerprint density at radius 2 is 2.36 bits per heavy atom. The summed E-state index contributed by atoms with van der Waals surface area (Å²) >= 11 is 0. The molecule has 1 aliphatic heterocycles. The van der Waals surface area contributed by atoms with Crippen LogP contribution in [0.5, 0.6) is 11.5 Å². The summed E-state index contributed by atoms with van der Waals surface area (Å²) < 4.78 is 10.9. The Morgan fingerprint density at radius 1 is 1.50 bits per heavy atom. The van der Waals surface area contributed by atoms with Crippen LogP contribution in [0.25, 0.3) is 0 Å². The van der Waals surface area contributed by atoms with E-state index in [0.29, 0.717) is 6.04 Å². The summed E-state index contributed by atoms with van der Waals surface area (Å²) in [6, 6.07) is 6.31. The molecule has 0 bridgehead atoms. The maximum atomic E-state index is 5.63. The van der Waals surface area contributed by atoms with E-state index in [1.165, 1.54) is 5.56 Å². The maximum absolute atomic E-state index is 5.63. The molecule has 0 fully saturated rings. The molecule has 1 aromatic carbocycles. The first-order chi connectivity index (χ1) is 6.85. The monoisotopic (exact) mass is 193 g/mol. The molecule has 0 radical (unpaired) electrons. The second-order valence-corrected chi connectivity index (χ2v) is 3.44. The molecule has 0 unspecified atom stereocenters. The molecule has 1 N–H and O–H groups in total. The summed E-state index contributed by atoms with van der Waals surface area (Å²) in [5.74, 6) is 1.87. The molecule has 2 rings (SSSR count). The molecule has 1 aliphatic rings. The first-order valence-electron chi connectivity index (χ1n) is 4.81. The van der Waals surface area contributed by atoms with E-state index in [2.05, 4.69) is 5.32 Å². The van der Waals surface area contributed by atoms with Gasteiger partial charge >= 0.3 is 0 Å². The third-order valence-corrected chi connectivity index (χ3v) is 2.61. The van der Waals surface area contributed by atoms with Crippen molar-refractivity contribution < 1.29 is 9.47 Å². The number of nitrogens with one attached hydrogen (secondary N) is 1. The van der Waals surface area contributed by atoms with E-state index in [1.807, 2.05) is 25.2 Å². The van der Waals surface area contributed by atoms with Crippen LogP contribution in [0.1, 0.15) is 5.56 Å². The van der Waals surface area contributed by atoms with Crippen LogP contribution in [0.4, 0.5) is 0 Å². The predicted molar refractivity (Wildman–Crippen MR) is 55.0 cm³/mol. The minimum atomic E-state index is 0.388. The lowest BCUT2D eigenvalue weighted by atomic mass is 10.0. The average Bonchev–Trinajstić information content (AvgIpc) is 2.27. The summed E-state index contributed by atoms with van der Waals surface area (Å²) in [7, 11) is 3.65. The number of likely N-dealkylation sites (N-methyl/N-ethyl adjacent to an activating group) is 1. The summed E-state index contributed by atoms with van der Waals surface area (Å²) in [4.78, 5) is 0. The molecule has 0 saturated carbocycles. The summed E-state index contributed by atoms with van der Waals surface area (Å²) in [6.07, 6.45) is 0.968. The maximum Gasteiger partial charge on any atom is 0.126 e. The Balaban J connectivity index is 2.33. The third kappa shape index (κ3) is 1.55. The van der Waals surface area contributed by atoms with E-state index in [4.69, 9.17) is 9.47 Å². The van der Waals surface area contributed by atoms with Crippen LogP contribution in [0.15, 0.2) is 18.2 Å². The molecule has 1 atom stereocenters. The van der Waals surface area contributed by atoms with Crippen molar-refractivity contribution in [3.63, 3.8) is 0 Å². The molecule has 14 heavy (non-hydrogen) atoms. The van der Waals surface area contributed by atoms with Gasteiger partial charge in [0.05, 0.1) is 7.11 Å². The smallest absolute Gasteiger partial charge is 0.126 e. The fourth-order valence-corrected chi connectivity index (χ4v) is 1.75. The number of benzene rings is 1. The van der Waals surface area contributed by atoms with E-state index in [0.717, 1.165) is 24.5 Å². The Morgan fingerprint density at radius 3 is 3.07 bits per heavy atom. The van der Waals surface area contributed by atoms with Crippen LogP contribution in [0, 0.1) is 0 Å². The van der Waals surface area contributed by atoms with Gasteiger partial charge in [0.15, 0.2) is 0 Å². The van der Waals surface area contributed by atoms with Gasteiger partial charge < -0.3 is 14.8 Å². The first kappa shape index (κ1) is 9.34. The van der Waals surface area contributed by atoms with Gasteiger partial charge in [-0.15, -0.1) is 0 Å². The van der Waals surface area contributed by atoms with E-state index >= 15 is 0 Å². The molecule has 0 aromatic heterocycles. The summed E-state index contributed by atoms with van der Waals surface area (Å²) in [5.41, 5.74) is 1.17. The van der Waals surface area contributed by atoms with E-state index in [-0.39, 0.29) is 0 Å². The van der Waals surface area contributed by atoms with Crippen LogP contribution >= 0.6 is 0 Å². The fraction of sp³-hybridized carbons (Fsp3) is 0.455. The van der Waals surface area contributed by atoms with Crippen molar-refractivity contribution in [2.45, 2.75) is 12.5 Å². The zero-order valence-electron chi connectivity index (χ0n) is 8.54. The molecule has 3 nitrogen and oxygen atoms in total. The lowest BCUT2D eigenvalue weighted by Gasteiger charge is -2.26. The molecule has 1 heterocycles. The number of methoxy groups -OCH3 is 1. The second kappa shape index (κ2) is 3.88. The van der Waals surface area contributed by atoms with E-state index in [9.17, 15) is 0 Å². The Hall–Kier alpha value is -1.22. The van der Waals surface area contributed by atoms with Crippen LogP contribution in [0.2, 0.25) is 0 Å². The van der Waals surface area contributed by atoms with Crippen molar-refractivity contribution in [2.24, 2.45) is 0 Å². The van der Waals surface area contributed by atoms with Crippen molar-refractivity contribution in [3.05, 3.63) is 23.8 Å². The third-order valence-electron chi connectivity index (χ3n) is 2.61. The molecule has 1 aromatic rings. The topological polar surface area (TPSA) is 30.5 Å². The lowest BCUT2D eigenvalue weighted by molar-refractivity contribution is 0.241. The molecule has 3 heteroatoms. The molecular formula is C11H15NO2. The summed E-state index contributed by atoms with van der Waals surface area (Å²) in [6.45, 7) is 0.733. The van der Waals surface area contributed by atoms with E-state index in [1.54, 1.807) is 7.11 Å². The SMILES string of the molecule is CN[C@H]1COc2cccc(OC)c2C1. The minimum Gasteiger partial charge on any atom is -0.496 e. The number of ether oxygens (including phenoxy) is 2. The number of hydrogen-bond acceptors (Lipinski definition) is 3. The zero-order chi connectivity index (χ0) is 9.97. The Kier molecular flexibility index (Phi) is 2.59. The van der Waals surface area contributed by atoms with Crippen molar-refractivity contribution in [3.8, 4) is 11.5 Å². The van der Waals surface area contributed by atoms with Crippen molar-refractivity contribution >= 4 is 0 Å². The minimum absolute atomic E-state index is 0.388. The number of fused-ring (bicyclic) bond motifs is 1. The fourth-order valence-electron chi connectivity index (χ4n) is 1.75. The quantitative estimate of drug-likeness (QED) is 0.766. The lowest BCUT2D eigenvalue weighted by Crippen LogP contribution is -2.36. The van der Waals surface area contributed by atoms with Gasteiger partial charge in [-0.1, -0.05) is 6.07 Å². The van der Waals surface area contributed by atoms with Gasteiger partial charge in [0.1, 0.15) is 18.1 Å². The molecular weight excluding hydrogens is 178 g/mol. The van der Waals surface area contributed by atoms with Gasteiger partial charge in [0.25, 0.3) is 0 Å². The van der Waals surface area contributed by atoms with Crippen LogP contribution in [-0.4, -0.2) is 26.8 Å². The van der Waals surface area contributed by atoms with Crippen molar-refractivity contribution in [1.82, 2.24) is 5.32 Å². The average molecular weight is 193 g/mol. The van der Waals surface area contributed by atoms with Gasteiger partial charge in [-0.05, 0) is 25.6 Å². The Labute approximate surface area is 84.0 Å². The number of rotatable bonds is 2. The molecule has 76 valence electrons. The van der Waals surface area contributed by atoms with Gasteiger partial charge in [0.2, 0.25) is 0 Å². The van der Waals surface area contributed by atoms with Gasteiger partial charge in [-0.3, -0.25) is 0 Å². The highest BCUT2D eigenvalue weighted by Crippen LogP contribution is 2.32. The van der Waals surface area contributed by atoms with E-state index < -0.39 is 0 Å². The van der Waals surface area contributed by atoms with Crippen LogP contribution in [-0.2, 0) is 6.42 Å². The highest BCUT2D eigenvalue weighted by molar-refractivity contribution is 5.46. The zero-order valence-corrected chi connectivity index (χ0v) is 8.54. The standard InChI is InChI=1S/C11H15NO2/c1-12-8-6-9-10(13-2)4-3-5-11(9)14-7-8/h3-5,8,12H,6-7H2,1-2H3/t8-/m1/s1. The summed E-state index contributed by atoms with van der Waals surface area (Å²) in [5, 5.41) is 3.22. The highest BCUT2D eigenvalue weighted by atomic mass is 16.5. The van der Waals surface area contributed by atoms with Gasteiger partial charge in [-0.25, -0.2) is 0 Å². The van der Waals surface area contributed by atoms with Gasteiger partial charge in [-0.2, -0.15) is 0 Å². The first-order valence-corrected chi connectivity index (χ1v) is 4.81. The molecule has 0 spiro atoms. The predicted octanol–water partition coefficient (Wildman–Crippen LogP) is 1.22. The molecule has 0 amide bonds.